The second-order valence-electron chi connectivity index (χ2n) is 4.07. The Kier molecular flexibility index (Phi) is 1.55. The molecule has 0 radical (unpaired) electrons. The van der Waals surface area contributed by atoms with Gasteiger partial charge in [-0.3, -0.25) is 0 Å². The van der Waals surface area contributed by atoms with Crippen LogP contribution in [0.2, 0.25) is 0 Å². The molecule has 1 saturated carbocycles. The van der Waals surface area contributed by atoms with Crippen LogP contribution in [0.3, 0.4) is 0 Å². The van der Waals surface area contributed by atoms with Crippen molar-refractivity contribution < 1.29 is 5.11 Å². The molecule has 0 saturated heterocycles. The van der Waals surface area contributed by atoms with E-state index in [0.717, 1.165) is 0 Å². The normalized spacial score (nSPS) is 29.3. The van der Waals surface area contributed by atoms with E-state index in [-0.39, 0.29) is 6.10 Å². The lowest BCUT2D eigenvalue weighted by molar-refractivity contribution is -0.00348. The summed E-state index contributed by atoms with van der Waals surface area (Å²) in [5, 5.41) is 9.10. The number of rotatable bonds is 1. The first-order valence-corrected chi connectivity index (χ1v) is 3.69. The molecule has 54 valence electrons. The molecule has 1 nitrogen and oxygen atoms in total. The summed E-state index contributed by atoms with van der Waals surface area (Å²) in [7, 11) is 0. The van der Waals surface area contributed by atoms with E-state index in [4.69, 9.17) is 5.11 Å². The topological polar surface area (TPSA) is 20.2 Å². The van der Waals surface area contributed by atoms with Crippen LogP contribution in [0.5, 0.6) is 0 Å². The molecule has 1 aliphatic carbocycles. The summed E-state index contributed by atoms with van der Waals surface area (Å²) in [5.74, 6) is 0.583. The lowest BCUT2D eigenvalue weighted by atomic mass is 9.63. The molecule has 0 heterocycles. The second-order valence-corrected chi connectivity index (χ2v) is 4.07. The number of aliphatic hydroxyl groups excluding tert-OH is 1. The van der Waals surface area contributed by atoms with Crippen LogP contribution in [0.25, 0.3) is 0 Å². The van der Waals surface area contributed by atoms with Gasteiger partial charge in [-0.1, -0.05) is 13.8 Å². The molecule has 9 heavy (non-hydrogen) atoms. The Balaban J connectivity index is 2.27. The Morgan fingerprint density at radius 3 is 2.00 bits per heavy atom. The van der Waals surface area contributed by atoms with Gasteiger partial charge in [0, 0.05) is 0 Å². The second kappa shape index (κ2) is 1.98. The fraction of sp³-hybridized carbons (Fsp3) is 1.00. The predicted molar refractivity (Wildman–Crippen MR) is 38.2 cm³/mol. The highest BCUT2D eigenvalue weighted by Crippen LogP contribution is 2.46. The summed E-state index contributed by atoms with van der Waals surface area (Å²) in [6.45, 7) is 6.40. The summed E-state index contributed by atoms with van der Waals surface area (Å²) < 4.78 is 0. The van der Waals surface area contributed by atoms with Gasteiger partial charge >= 0.3 is 0 Å². The zero-order chi connectivity index (χ0) is 7.07. The molecule has 0 aliphatic heterocycles. The molecule has 0 amide bonds. The SMILES string of the molecule is C[C@H](O)C1CC(C)(C)C1. The standard InChI is InChI=1S/C8H16O/c1-6(9)7-4-8(2,3)5-7/h6-7,9H,4-5H2,1-3H3/t6-/m0/s1. The maximum Gasteiger partial charge on any atom is 0.0540 e. The van der Waals surface area contributed by atoms with Crippen molar-refractivity contribution in [3.63, 3.8) is 0 Å². The van der Waals surface area contributed by atoms with Crippen molar-refractivity contribution in [1.82, 2.24) is 0 Å². The van der Waals surface area contributed by atoms with Crippen LogP contribution in [-0.2, 0) is 0 Å². The molecule has 1 atom stereocenters. The van der Waals surface area contributed by atoms with E-state index in [1.165, 1.54) is 12.8 Å². The Labute approximate surface area is 57.1 Å². The fourth-order valence-electron chi connectivity index (χ4n) is 1.70. The Morgan fingerprint density at radius 2 is 1.89 bits per heavy atom. The van der Waals surface area contributed by atoms with Crippen LogP contribution >= 0.6 is 0 Å². The lowest BCUT2D eigenvalue weighted by Gasteiger charge is -2.44. The van der Waals surface area contributed by atoms with Gasteiger partial charge < -0.3 is 5.11 Å². The summed E-state index contributed by atoms with van der Waals surface area (Å²) in [6, 6.07) is 0. The van der Waals surface area contributed by atoms with E-state index >= 15 is 0 Å². The summed E-state index contributed by atoms with van der Waals surface area (Å²) >= 11 is 0. The van der Waals surface area contributed by atoms with Crippen LogP contribution in [0, 0.1) is 11.3 Å². The first-order valence-electron chi connectivity index (χ1n) is 3.69. The lowest BCUT2D eigenvalue weighted by Crippen LogP contribution is -2.37. The van der Waals surface area contributed by atoms with Gasteiger partial charge in [0.15, 0.2) is 0 Å². The Morgan fingerprint density at radius 1 is 1.44 bits per heavy atom. The molecular formula is C8H16O. The molecule has 1 heteroatoms. The van der Waals surface area contributed by atoms with Gasteiger partial charge in [-0.25, -0.2) is 0 Å². The maximum atomic E-state index is 9.10. The molecule has 0 unspecified atom stereocenters. The Bertz CT molecular complexity index is 97.1. The zero-order valence-electron chi connectivity index (χ0n) is 6.52. The van der Waals surface area contributed by atoms with E-state index < -0.39 is 0 Å². The predicted octanol–water partition coefficient (Wildman–Crippen LogP) is 1.80. The molecule has 1 aliphatic rings. The van der Waals surface area contributed by atoms with Crippen molar-refractivity contribution in [2.75, 3.05) is 0 Å². The molecule has 1 fully saturated rings. The van der Waals surface area contributed by atoms with Crippen molar-refractivity contribution in [2.24, 2.45) is 11.3 Å². The van der Waals surface area contributed by atoms with Crippen LogP contribution in [-0.4, -0.2) is 11.2 Å². The van der Waals surface area contributed by atoms with Gasteiger partial charge in [0.25, 0.3) is 0 Å². The quantitative estimate of drug-likeness (QED) is 0.571. The third-order valence-corrected chi connectivity index (χ3v) is 2.31. The number of aliphatic hydroxyl groups is 1. The summed E-state index contributed by atoms with van der Waals surface area (Å²) in [6.07, 6.45) is 2.31. The van der Waals surface area contributed by atoms with E-state index in [0.29, 0.717) is 11.3 Å². The van der Waals surface area contributed by atoms with E-state index in [2.05, 4.69) is 13.8 Å². The first-order chi connectivity index (χ1) is 4.01. The zero-order valence-corrected chi connectivity index (χ0v) is 6.52. The van der Waals surface area contributed by atoms with E-state index in [1.807, 2.05) is 6.92 Å². The molecule has 0 aromatic heterocycles. The minimum absolute atomic E-state index is 0.0852. The average molecular weight is 128 g/mol. The highest BCUT2D eigenvalue weighted by molar-refractivity contribution is 4.88. The van der Waals surface area contributed by atoms with Crippen LogP contribution in [0.1, 0.15) is 33.6 Å². The van der Waals surface area contributed by atoms with Crippen LogP contribution in [0.4, 0.5) is 0 Å². The van der Waals surface area contributed by atoms with Gasteiger partial charge in [-0.2, -0.15) is 0 Å². The van der Waals surface area contributed by atoms with Crippen molar-refractivity contribution in [1.29, 1.82) is 0 Å². The molecule has 1 rings (SSSR count). The average Bonchev–Trinajstić information content (AvgIpc) is 1.59. The van der Waals surface area contributed by atoms with Gasteiger partial charge in [-0.05, 0) is 31.1 Å². The third kappa shape index (κ3) is 1.45. The first kappa shape index (κ1) is 7.07. The van der Waals surface area contributed by atoms with Crippen molar-refractivity contribution in [3.05, 3.63) is 0 Å². The number of hydrogen-bond donors (Lipinski definition) is 1. The van der Waals surface area contributed by atoms with Gasteiger partial charge in [0.1, 0.15) is 0 Å². The Hall–Kier alpha value is -0.0400. The molecular weight excluding hydrogens is 112 g/mol. The smallest absolute Gasteiger partial charge is 0.0540 e. The maximum absolute atomic E-state index is 9.10. The largest absolute Gasteiger partial charge is 0.393 e. The van der Waals surface area contributed by atoms with Gasteiger partial charge in [0.2, 0.25) is 0 Å². The van der Waals surface area contributed by atoms with Crippen molar-refractivity contribution in [2.45, 2.75) is 39.7 Å². The minimum atomic E-state index is -0.0852. The molecule has 0 aromatic rings. The summed E-state index contributed by atoms with van der Waals surface area (Å²) in [5.41, 5.74) is 0.516. The van der Waals surface area contributed by atoms with Gasteiger partial charge in [0.05, 0.1) is 6.10 Å². The third-order valence-electron chi connectivity index (χ3n) is 2.31. The van der Waals surface area contributed by atoms with E-state index in [9.17, 15) is 0 Å². The van der Waals surface area contributed by atoms with Crippen molar-refractivity contribution >= 4 is 0 Å². The number of hydrogen-bond acceptors (Lipinski definition) is 1. The molecule has 0 bridgehead atoms. The van der Waals surface area contributed by atoms with Crippen molar-refractivity contribution in [3.8, 4) is 0 Å². The highest BCUT2D eigenvalue weighted by Gasteiger charge is 2.38. The van der Waals surface area contributed by atoms with Crippen LogP contribution < -0.4 is 0 Å². The van der Waals surface area contributed by atoms with Crippen LogP contribution in [0.15, 0.2) is 0 Å². The highest BCUT2D eigenvalue weighted by atomic mass is 16.3. The van der Waals surface area contributed by atoms with Gasteiger partial charge in [-0.15, -0.1) is 0 Å². The minimum Gasteiger partial charge on any atom is -0.393 e. The van der Waals surface area contributed by atoms with E-state index in [1.54, 1.807) is 0 Å². The summed E-state index contributed by atoms with van der Waals surface area (Å²) in [4.78, 5) is 0. The molecule has 0 aromatic carbocycles. The fourth-order valence-corrected chi connectivity index (χ4v) is 1.70. The molecule has 1 N–H and O–H groups in total. The monoisotopic (exact) mass is 128 g/mol. The molecule has 0 spiro atoms.